The summed E-state index contributed by atoms with van der Waals surface area (Å²) in [5, 5.41) is 0. The highest BCUT2D eigenvalue weighted by atomic mass is 19.1. The summed E-state index contributed by atoms with van der Waals surface area (Å²) in [6.45, 7) is 7.97. The molecule has 0 bridgehead atoms. The SMILES string of the molecule is CC(=Nc1cccnc1)/C(CN1CCN(c2nccnc2-c2ccc(F)cc2)CC1)=C(/C)N. The molecule has 170 valence electrons. The second-order valence-electron chi connectivity index (χ2n) is 8.07. The third-order valence-electron chi connectivity index (χ3n) is 5.71. The van der Waals surface area contributed by atoms with E-state index in [1.165, 1.54) is 12.1 Å². The number of nitrogens with zero attached hydrogens (tertiary/aromatic N) is 6. The summed E-state index contributed by atoms with van der Waals surface area (Å²) in [4.78, 5) is 22.5. The minimum absolute atomic E-state index is 0.265. The second-order valence-corrected chi connectivity index (χ2v) is 8.07. The number of nitrogens with two attached hydrogens (primary N) is 1. The Morgan fingerprint density at radius 2 is 1.73 bits per heavy atom. The van der Waals surface area contributed by atoms with Crippen LogP contribution in [-0.2, 0) is 0 Å². The molecule has 2 aromatic heterocycles. The van der Waals surface area contributed by atoms with Crippen LogP contribution < -0.4 is 10.6 Å². The number of aliphatic imine (C=N–C) groups is 1. The van der Waals surface area contributed by atoms with Gasteiger partial charge in [-0.05, 0) is 50.2 Å². The first-order chi connectivity index (χ1) is 16.0. The van der Waals surface area contributed by atoms with Crippen LogP contribution in [-0.4, -0.2) is 58.3 Å². The molecule has 0 radical (unpaired) electrons. The van der Waals surface area contributed by atoms with E-state index in [0.717, 1.165) is 72.5 Å². The molecule has 0 aliphatic carbocycles. The molecule has 7 nitrogen and oxygen atoms in total. The van der Waals surface area contributed by atoms with Crippen LogP contribution in [0.15, 0.2) is 77.4 Å². The third-order valence-corrected chi connectivity index (χ3v) is 5.71. The number of aromatic nitrogens is 3. The monoisotopic (exact) mass is 445 g/mol. The second kappa shape index (κ2) is 10.3. The van der Waals surface area contributed by atoms with Crippen molar-refractivity contribution >= 4 is 17.2 Å². The van der Waals surface area contributed by atoms with Crippen LogP contribution in [0.25, 0.3) is 11.3 Å². The number of pyridine rings is 1. The predicted molar refractivity (Wildman–Crippen MR) is 130 cm³/mol. The molecule has 4 rings (SSSR count). The van der Waals surface area contributed by atoms with E-state index < -0.39 is 0 Å². The van der Waals surface area contributed by atoms with E-state index in [2.05, 4.69) is 24.8 Å². The number of piperazine rings is 1. The Balaban J connectivity index is 1.45. The summed E-state index contributed by atoms with van der Waals surface area (Å²) in [6, 6.07) is 10.2. The Hall–Kier alpha value is -3.65. The Bertz CT molecular complexity index is 1130. The molecule has 3 heterocycles. The summed E-state index contributed by atoms with van der Waals surface area (Å²) in [5.74, 6) is 0.558. The highest BCUT2D eigenvalue weighted by Crippen LogP contribution is 2.27. The smallest absolute Gasteiger partial charge is 0.155 e. The molecule has 1 fully saturated rings. The molecule has 0 atom stereocenters. The number of anilines is 1. The average molecular weight is 446 g/mol. The number of benzene rings is 1. The van der Waals surface area contributed by atoms with Crippen molar-refractivity contribution < 1.29 is 4.39 Å². The van der Waals surface area contributed by atoms with E-state index in [-0.39, 0.29) is 5.82 Å². The zero-order valence-corrected chi connectivity index (χ0v) is 18.9. The molecular weight excluding hydrogens is 417 g/mol. The molecule has 1 aliphatic heterocycles. The maximum atomic E-state index is 13.4. The van der Waals surface area contributed by atoms with Crippen molar-refractivity contribution in [1.29, 1.82) is 0 Å². The van der Waals surface area contributed by atoms with Gasteiger partial charge in [-0.25, -0.2) is 9.37 Å². The standard InChI is InChI=1S/C25H28FN7/c1-18(27)23(19(2)31-22-4-3-9-28-16-22)17-32-12-14-33(15-13-32)25-24(29-10-11-30-25)20-5-7-21(26)8-6-20/h3-11,16H,12-15,17,27H2,1-2H3/b23-18-,31-19?. The minimum atomic E-state index is -0.265. The van der Waals surface area contributed by atoms with Gasteiger partial charge in [-0.3, -0.25) is 19.9 Å². The molecule has 1 aliphatic rings. The highest BCUT2D eigenvalue weighted by molar-refractivity contribution is 6.00. The van der Waals surface area contributed by atoms with Crippen LogP contribution in [0.4, 0.5) is 15.9 Å². The van der Waals surface area contributed by atoms with Crippen molar-refractivity contribution in [3.63, 3.8) is 0 Å². The van der Waals surface area contributed by atoms with Crippen molar-refractivity contribution in [2.75, 3.05) is 37.6 Å². The van der Waals surface area contributed by atoms with Crippen molar-refractivity contribution in [1.82, 2.24) is 19.9 Å². The molecule has 33 heavy (non-hydrogen) atoms. The molecule has 3 aromatic rings. The topological polar surface area (TPSA) is 83.5 Å². The lowest BCUT2D eigenvalue weighted by molar-refractivity contribution is 0.280. The first-order valence-corrected chi connectivity index (χ1v) is 11.0. The first-order valence-electron chi connectivity index (χ1n) is 11.0. The largest absolute Gasteiger partial charge is 0.402 e. The molecule has 1 saturated heterocycles. The van der Waals surface area contributed by atoms with Gasteiger partial charge in [-0.1, -0.05) is 0 Å². The number of hydrogen-bond donors (Lipinski definition) is 1. The summed E-state index contributed by atoms with van der Waals surface area (Å²) < 4.78 is 13.4. The normalized spacial score (nSPS) is 16.0. The number of rotatable bonds is 6. The van der Waals surface area contributed by atoms with Gasteiger partial charge in [-0.15, -0.1) is 0 Å². The maximum absolute atomic E-state index is 13.4. The first kappa shape index (κ1) is 22.5. The zero-order valence-electron chi connectivity index (χ0n) is 18.9. The Kier molecular flexibility index (Phi) is 7.04. The van der Waals surface area contributed by atoms with Crippen LogP contribution in [0.3, 0.4) is 0 Å². The van der Waals surface area contributed by atoms with Crippen molar-refractivity contribution in [2.24, 2.45) is 10.7 Å². The summed E-state index contributed by atoms with van der Waals surface area (Å²) >= 11 is 0. The zero-order chi connectivity index (χ0) is 23.2. The highest BCUT2D eigenvalue weighted by Gasteiger charge is 2.23. The molecule has 0 unspecified atom stereocenters. The van der Waals surface area contributed by atoms with Crippen LogP contribution in [0.2, 0.25) is 0 Å². The average Bonchev–Trinajstić information content (AvgIpc) is 2.84. The molecule has 8 heteroatoms. The maximum Gasteiger partial charge on any atom is 0.155 e. The van der Waals surface area contributed by atoms with Gasteiger partial charge >= 0.3 is 0 Å². The van der Waals surface area contributed by atoms with Gasteiger partial charge in [0.2, 0.25) is 0 Å². The van der Waals surface area contributed by atoms with Gasteiger partial charge in [0, 0.05) is 73.9 Å². The molecule has 1 aromatic carbocycles. The van der Waals surface area contributed by atoms with E-state index in [0.29, 0.717) is 0 Å². The summed E-state index contributed by atoms with van der Waals surface area (Å²) in [5.41, 5.74) is 11.4. The number of hydrogen-bond acceptors (Lipinski definition) is 7. The predicted octanol–water partition coefficient (Wildman–Crippen LogP) is 3.83. The molecular formula is C25H28FN7. The molecule has 0 amide bonds. The van der Waals surface area contributed by atoms with Gasteiger partial charge < -0.3 is 10.6 Å². The van der Waals surface area contributed by atoms with Gasteiger partial charge in [0.15, 0.2) is 5.82 Å². The minimum Gasteiger partial charge on any atom is -0.402 e. The van der Waals surface area contributed by atoms with E-state index in [4.69, 9.17) is 10.7 Å². The van der Waals surface area contributed by atoms with E-state index in [9.17, 15) is 4.39 Å². The van der Waals surface area contributed by atoms with E-state index in [1.807, 2.05) is 26.0 Å². The number of allylic oxidation sites excluding steroid dienone is 1. The Morgan fingerprint density at radius 1 is 1.00 bits per heavy atom. The molecule has 0 saturated carbocycles. The van der Waals surface area contributed by atoms with Crippen molar-refractivity contribution in [3.05, 3.63) is 78.3 Å². The lowest BCUT2D eigenvalue weighted by atomic mass is 10.1. The fourth-order valence-electron chi connectivity index (χ4n) is 3.92. The molecule has 0 spiro atoms. The summed E-state index contributed by atoms with van der Waals surface area (Å²) in [7, 11) is 0. The van der Waals surface area contributed by atoms with Crippen LogP contribution in [0.1, 0.15) is 13.8 Å². The van der Waals surface area contributed by atoms with Crippen molar-refractivity contribution in [3.8, 4) is 11.3 Å². The third kappa shape index (κ3) is 5.59. The van der Waals surface area contributed by atoms with Crippen LogP contribution in [0, 0.1) is 5.82 Å². The lowest BCUT2D eigenvalue weighted by Crippen LogP contribution is -2.48. The molecule has 2 N–H and O–H groups in total. The summed E-state index contributed by atoms with van der Waals surface area (Å²) in [6.07, 6.45) is 6.85. The van der Waals surface area contributed by atoms with Gasteiger partial charge in [0.1, 0.15) is 11.5 Å². The van der Waals surface area contributed by atoms with Crippen LogP contribution >= 0.6 is 0 Å². The van der Waals surface area contributed by atoms with Crippen LogP contribution in [0.5, 0.6) is 0 Å². The fourth-order valence-corrected chi connectivity index (χ4v) is 3.92. The van der Waals surface area contributed by atoms with E-state index in [1.54, 1.807) is 36.9 Å². The number of halogens is 1. The fraction of sp³-hybridized carbons (Fsp3) is 0.280. The lowest BCUT2D eigenvalue weighted by Gasteiger charge is -2.36. The Labute approximate surface area is 193 Å². The Morgan fingerprint density at radius 3 is 2.39 bits per heavy atom. The van der Waals surface area contributed by atoms with E-state index >= 15 is 0 Å². The van der Waals surface area contributed by atoms with Gasteiger partial charge in [-0.2, -0.15) is 0 Å². The van der Waals surface area contributed by atoms with Gasteiger partial charge in [0.25, 0.3) is 0 Å². The quantitative estimate of drug-likeness (QED) is 0.581. The van der Waals surface area contributed by atoms with Crippen molar-refractivity contribution in [2.45, 2.75) is 13.8 Å². The van der Waals surface area contributed by atoms with Gasteiger partial charge in [0.05, 0.1) is 11.9 Å².